The van der Waals surface area contributed by atoms with Crippen LogP contribution in [-0.2, 0) is 0 Å². The lowest BCUT2D eigenvalue weighted by molar-refractivity contribution is 0.464. The van der Waals surface area contributed by atoms with Gasteiger partial charge in [-0.3, -0.25) is 4.99 Å². The van der Waals surface area contributed by atoms with Gasteiger partial charge in [-0.05, 0) is 37.7 Å². The predicted octanol–water partition coefficient (Wildman–Crippen LogP) is 2.74. The summed E-state index contributed by atoms with van der Waals surface area (Å²) in [5.41, 5.74) is 0.285. The van der Waals surface area contributed by atoms with Crippen LogP contribution in [0.4, 0.5) is 0 Å². The lowest BCUT2D eigenvalue weighted by Crippen LogP contribution is -2.40. The fourth-order valence-electron chi connectivity index (χ4n) is 1.80. The maximum absolute atomic E-state index is 4.83. The van der Waals surface area contributed by atoms with Gasteiger partial charge in [0.05, 0.1) is 6.04 Å². The van der Waals surface area contributed by atoms with E-state index in [1.807, 2.05) is 11.8 Å². The fraction of sp³-hybridized carbons (Fsp3) is 0.909. The molecule has 2 fully saturated rings. The first-order valence-corrected chi connectivity index (χ1v) is 7.92. The van der Waals surface area contributed by atoms with Crippen LogP contribution in [0.3, 0.4) is 0 Å². The molecule has 0 aromatic heterocycles. The van der Waals surface area contributed by atoms with E-state index in [9.17, 15) is 0 Å². The first kappa shape index (κ1) is 11.6. The molecule has 0 aromatic carbocycles. The van der Waals surface area contributed by atoms with Gasteiger partial charge in [-0.2, -0.15) is 11.8 Å². The summed E-state index contributed by atoms with van der Waals surface area (Å²) in [5, 5.41) is 4.76. The van der Waals surface area contributed by atoms with Crippen molar-refractivity contribution in [2.45, 2.75) is 44.7 Å². The zero-order valence-corrected chi connectivity index (χ0v) is 11.2. The summed E-state index contributed by atoms with van der Waals surface area (Å²) in [7, 11) is 0. The van der Waals surface area contributed by atoms with Crippen LogP contribution in [0, 0.1) is 0 Å². The average Bonchev–Trinajstić information content (AvgIpc) is 2.63. The molecule has 1 atom stereocenters. The van der Waals surface area contributed by atoms with Gasteiger partial charge in [-0.1, -0.05) is 18.7 Å². The normalized spacial score (nSPS) is 35.7. The van der Waals surface area contributed by atoms with E-state index in [1.165, 1.54) is 41.7 Å². The highest BCUT2D eigenvalue weighted by Crippen LogP contribution is 2.27. The number of aliphatic imine (C=N–C) groups is 1. The Kier molecular flexibility index (Phi) is 3.88. The summed E-state index contributed by atoms with van der Waals surface area (Å²) in [6, 6.07) is 0.584. The molecule has 0 amide bonds. The maximum atomic E-state index is 4.83. The van der Waals surface area contributed by atoms with Crippen molar-refractivity contribution in [1.82, 2.24) is 5.32 Å². The van der Waals surface area contributed by atoms with E-state index in [4.69, 9.17) is 4.99 Å². The van der Waals surface area contributed by atoms with Crippen molar-refractivity contribution in [1.29, 1.82) is 0 Å². The molecule has 0 saturated carbocycles. The average molecular weight is 244 g/mol. The van der Waals surface area contributed by atoms with Crippen LogP contribution in [0.25, 0.3) is 0 Å². The number of amidine groups is 1. The van der Waals surface area contributed by atoms with Crippen LogP contribution in [0.5, 0.6) is 0 Å². The van der Waals surface area contributed by atoms with Crippen molar-refractivity contribution in [3.8, 4) is 0 Å². The Bertz CT molecular complexity index is 249. The number of nitrogens with one attached hydrogen (secondary N) is 1. The highest BCUT2D eigenvalue weighted by atomic mass is 32.2. The van der Waals surface area contributed by atoms with Crippen LogP contribution in [-0.4, -0.2) is 34.0 Å². The highest BCUT2D eigenvalue weighted by Gasteiger charge is 2.31. The van der Waals surface area contributed by atoms with Gasteiger partial charge < -0.3 is 5.32 Å². The first-order chi connectivity index (χ1) is 7.22. The van der Waals surface area contributed by atoms with Gasteiger partial charge in [0.1, 0.15) is 0 Å². The topological polar surface area (TPSA) is 24.4 Å². The van der Waals surface area contributed by atoms with Gasteiger partial charge in [0.15, 0.2) is 5.17 Å². The Morgan fingerprint density at radius 2 is 2.20 bits per heavy atom. The van der Waals surface area contributed by atoms with Crippen molar-refractivity contribution in [2.24, 2.45) is 4.99 Å². The third kappa shape index (κ3) is 3.06. The van der Waals surface area contributed by atoms with Crippen molar-refractivity contribution >= 4 is 28.7 Å². The molecule has 0 aliphatic carbocycles. The smallest absolute Gasteiger partial charge is 0.157 e. The van der Waals surface area contributed by atoms with Gasteiger partial charge in [-0.15, -0.1) is 0 Å². The van der Waals surface area contributed by atoms with Gasteiger partial charge in [0.25, 0.3) is 0 Å². The Morgan fingerprint density at radius 3 is 2.80 bits per heavy atom. The standard InChI is InChI=1S/C11H20N2S2/c1-3-11(2)8-15-10(13-11)12-9-4-6-14-7-5-9/h9H,3-8H2,1-2H3,(H,12,13). The van der Waals surface area contributed by atoms with Crippen molar-refractivity contribution in [3.63, 3.8) is 0 Å². The number of rotatable bonds is 2. The van der Waals surface area contributed by atoms with Gasteiger partial charge >= 0.3 is 0 Å². The Balaban J connectivity index is 1.91. The third-order valence-corrected chi connectivity index (χ3v) is 5.52. The minimum absolute atomic E-state index is 0.285. The predicted molar refractivity (Wildman–Crippen MR) is 72.1 cm³/mol. The monoisotopic (exact) mass is 244 g/mol. The summed E-state index contributed by atoms with van der Waals surface area (Å²) < 4.78 is 0. The molecule has 2 saturated heterocycles. The molecule has 4 heteroatoms. The van der Waals surface area contributed by atoms with Crippen LogP contribution >= 0.6 is 23.5 Å². The van der Waals surface area contributed by atoms with E-state index in [-0.39, 0.29) is 5.54 Å². The fourth-order valence-corrected chi connectivity index (χ4v) is 4.15. The summed E-state index contributed by atoms with van der Waals surface area (Å²) in [6.07, 6.45) is 3.71. The molecular formula is C11H20N2S2. The zero-order valence-electron chi connectivity index (χ0n) is 9.58. The van der Waals surface area contributed by atoms with Crippen LogP contribution < -0.4 is 5.32 Å². The van der Waals surface area contributed by atoms with E-state index in [2.05, 4.69) is 30.9 Å². The maximum Gasteiger partial charge on any atom is 0.157 e. The first-order valence-electron chi connectivity index (χ1n) is 5.78. The minimum Gasteiger partial charge on any atom is -0.359 e. The van der Waals surface area contributed by atoms with Crippen molar-refractivity contribution in [2.75, 3.05) is 17.3 Å². The largest absolute Gasteiger partial charge is 0.359 e. The second-order valence-corrected chi connectivity index (χ2v) is 6.79. The quantitative estimate of drug-likeness (QED) is 0.808. The molecule has 1 unspecified atom stereocenters. The van der Waals surface area contributed by atoms with Crippen molar-refractivity contribution < 1.29 is 0 Å². The molecule has 2 rings (SSSR count). The van der Waals surface area contributed by atoms with Gasteiger partial charge in [0, 0.05) is 11.3 Å². The Labute approximate surface area is 101 Å². The van der Waals surface area contributed by atoms with Crippen LogP contribution in [0.15, 0.2) is 4.99 Å². The number of thioether (sulfide) groups is 2. The molecule has 2 heterocycles. The highest BCUT2D eigenvalue weighted by molar-refractivity contribution is 8.14. The zero-order chi connectivity index (χ0) is 10.7. The second-order valence-electron chi connectivity index (χ2n) is 4.61. The van der Waals surface area contributed by atoms with Crippen molar-refractivity contribution in [3.05, 3.63) is 0 Å². The molecule has 2 aliphatic heterocycles. The lowest BCUT2D eigenvalue weighted by atomic mass is 10.0. The number of hydrogen-bond donors (Lipinski definition) is 1. The summed E-state index contributed by atoms with van der Waals surface area (Å²) in [6.45, 7) is 4.53. The van der Waals surface area contributed by atoms with E-state index < -0.39 is 0 Å². The molecule has 0 bridgehead atoms. The van der Waals surface area contributed by atoms with E-state index in [0.29, 0.717) is 6.04 Å². The van der Waals surface area contributed by atoms with Gasteiger partial charge in [0.2, 0.25) is 0 Å². The van der Waals surface area contributed by atoms with E-state index in [1.54, 1.807) is 0 Å². The molecule has 1 N–H and O–H groups in total. The summed E-state index contributed by atoms with van der Waals surface area (Å²) in [5.74, 6) is 3.75. The molecule has 2 aliphatic rings. The molecule has 15 heavy (non-hydrogen) atoms. The molecule has 0 aromatic rings. The van der Waals surface area contributed by atoms with Gasteiger partial charge in [-0.25, -0.2) is 0 Å². The Morgan fingerprint density at radius 1 is 1.47 bits per heavy atom. The third-order valence-electron chi connectivity index (χ3n) is 3.21. The number of hydrogen-bond acceptors (Lipinski definition) is 3. The molecule has 2 nitrogen and oxygen atoms in total. The van der Waals surface area contributed by atoms with E-state index in [0.717, 1.165) is 0 Å². The summed E-state index contributed by atoms with van der Waals surface area (Å²) >= 11 is 3.96. The van der Waals surface area contributed by atoms with E-state index >= 15 is 0 Å². The molecule has 0 radical (unpaired) electrons. The summed E-state index contributed by atoms with van der Waals surface area (Å²) in [4.78, 5) is 4.83. The van der Waals surface area contributed by atoms with Crippen LogP contribution in [0.2, 0.25) is 0 Å². The molecule has 86 valence electrons. The second kappa shape index (κ2) is 5.00. The molecular weight excluding hydrogens is 224 g/mol. The minimum atomic E-state index is 0.285. The lowest BCUT2D eigenvalue weighted by Gasteiger charge is -2.22. The molecule has 0 spiro atoms. The SMILES string of the molecule is CCC1(C)CSC(=NC2CCSCC2)N1. The Hall–Kier alpha value is 0.170. The number of nitrogens with zero attached hydrogens (tertiary/aromatic N) is 1. The van der Waals surface area contributed by atoms with Crippen LogP contribution in [0.1, 0.15) is 33.1 Å².